The van der Waals surface area contributed by atoms with Gasteiger partial charge in [-0.1, -0.05) is 12.1 Å². The number of rotatable bonds is 2. The van der Waals surface area contributed by atoms with Gasteiger partial charge in [0.05, 0.1) is 11.0 Å². The summed E-state index contributed by atoms with van der Waals surface area (Å²) in [6.07, 6.45) is 0.696. The van der Waals surface area contributed by atoms with Crippen molar-refractivity contribution in [2.45, 2.75) is 20.3 Å². The fraction of sp³-hybridized carbons (Fsp3) is 0.188. The molecular weight excluding hydrogens is 236 g/mol. The number of fused-ring (bicyclic) bond motifs is 1. The van der Waals surface area contributed by atoms with E-state index in [1.54, 1.807) is 12.1 Å². The van der Waals surface area contributed by atoms with Crippen molar-refractivity contribution in [1.29, 1.82) is 0 Å². The molecule has 2 N–H and O–H groups in total. The molecule has 96 valence electrons. The van der Waals surface area contributed by atoms with Crippen molar-refractivity contribution in [3.63, 3.8) is 0 Å². The number of aromatic amines is 1. The van der Waals surface area contributed by atoms with Crippen LogP contribution in [0.15, 0.2) is 36.4 Å². The van der Waals surface area contributed by atoms with Gasteiger partial charge in [0.15, 0.2) is 0 Å². The van der Waals surface area contributed by atoms with Crippen molar-refractivity contribution < 1.29 is 5.11 Å². The second-order valence-electron chi connectivity index (χ2n) is 4.98. The summed E-state index contributed by atoms with van der Waals surface area (Å²) in [5.74, 6) is 1.21. The number of hydrogen-bond acceptors (Lipinski definition) is 2. The van der Waals surface area contributed by atoms with E-state index in [0.29, 0.717) is 12.2 Å². The number of H-pyrrole nitrogens is 1. The number of hydrogen-bond donors (Lipinski definition) is 2. The highest BCUT2D eigenvalue weighted by atomic mass is 16.3. The second-order valence-corrected chi connectivity index (χ2v) is 4.98. The molecule has 3 rings (SSSR count). The topological polar surface area (TPSA) is 48.9 Å². The molecule has 0 spiro atoms. The van der Waals surface area contributed by atoms with E-state index in [-0.39, 0.29) is 0 Å². The van der Waals surface area contributed by atoms with Crippen molar-refractivity contribution >= 4 is 11.0 Å². The lowest BCUT2D eigenvalue weighted by molar-refractivity contribution is 0.474. The molecule has 3 nitrogen and oxygen atoms in total. The molecule has 0 saturated carbocycles. The average Bonchev–Trinajstić information content (AvgIpc) is 2.71. The van der Waals surface area contributed by atoms with E-state index in [4.69, 9.17) is 0 Å². The third-order valence-corrected chi connectivity index (χ3v) is 3.43. The largest absolute Gasteiger partial charge is 0.508 e. The number of nitrogens with one attached hydrogen (secondary N) is 1. The maximum atomic E-state index is 9.47. The lowest BCUT2D eigenvalue weighted by Crippen LogP contribution is -1.89. The minimum Gasteiger partial charge on any atom is -0.508 e. The van der Waals surface area contributed by atoms with Gasteiger partial charge in [-0.2, -0.15) is 0 Å². The van der Waals surface area contributed by atoms with Gasteiger partial charge < -0.3 is 10.1 Å². The highest BCUT2D eigenvalue weighted by Crippen LogP contribution is 2.19. The van der Waals surface area contributed by atoms with Crippen LogP contribution in [-0.4, -0.2) is 15.1 Å². The van der Waals surface area contributed by atoms with Gasteiger partial charge in [0, 0.05) is 6.42 Å². The van der Waals surface area contributed by atoms with Gasteiger partial charge in [-0.05, 0) is 54.8 Å². The van der Waals surface area contributed by atoms with Gasteiger partial charge in [-0.3, -0.25) is 0 Å². The minimum absolute atomic E-state index is 0.292. The number of phenolic OH excluding ortho intramolecular Hbond substituents is 1. The lowest BCUT2D eigenvalue weighted by atomic mass is 10.1. The van der Waals surface area contributed by atoms with Gasteiger partial charge in [0.2, 0.25) is 0 Å². The smallest absolute Gasteiger partial charge is 0.115 e. The van der Waals surface area contributed by atoms with Crippen LogP contribution in [0.4, 0.5) is 0 Å². The molecular formula is C16H16N2O. The van der Waals surface area contributed by atoms with E-state index < -0.39 is 0 Å². The Bertz CT molecular complexity index is 705. The highest BCUT2D eigenvalue weighted by Gasteiger charge is 2.06. The summed E-state index contributed by atoms with van der Waals surface area (Å²) < 4.78 is 0. The van der Waals surface area contributed by atoms with Gasteiger partial charge in [0.1, 0.15) is 11.6 Å². The Balaban J connectivity index is 1.97. The van der Waals surface area contributed by atoms with Crippen LogP contribution in [0.25, 0.3) is 11.0 Å². The summed E-state index contributed by atoms with van der Waals surface area (Å²) in [6.45, 7) is 4.20. The molecule has 0 amide bonds. The molecule has 1 heterocycles. The molecule has 0 aliphatic carbocycles. The maximum Gasteiger partial charge on any atom is 0.115 e. The third-order valence-electron chi connectivity index (χ3n) is 3.43. The number of phenols is 1. The van der Waals surface area contributed by atoms with Gasteiger partial charge in [-0.25, -0.2) is 4.98 Å². The molecule has 0 saturated heterocycles. The molecule has 0 aliphatic heterocycles. The van der Waals surface area contributed by atoms with E-state index in [0.717, 1.165) is 22.4 Å². The molecule has 2 aromatic carbocycles. The maximum absolute atomic E-state index is 9.47. The first-order valence-corrected chi connectivity index (χ1v) is 6.35. The first kappa shape index (κ1) is 11.8. The standard InChI is InChI=1S/C16H16N2O/c1-10-6-14-15(7-11(10)2)18-16(17-14)9-12-4-3-5-13(19)8-12/h3-8,19H,9H2,1-2H3,(H,17,18). The monoisotopic (exact) mass is 252 g/mol. The summed E-state index contributed by atoms with van der Waals surface area (Å²) in [5, 5.41) is 9.47. The minimum atomic E-state index is 0.292. The van der Waals surface area contributed by atoms with E-state index in [9.17, 15) is 5.11 Å². The summed E-state index contributed by atoms with van der Waals surface area (Å²) in [6, 6.07) is 11.5. The summed E-state index contributed by atoms with van der Waals surface area (Å²) in [4.78, 5) is 7.94. The zero-order chi connectivity index (χ0) is 13.4. The van der Waals surface area contributed by atoms with Crippen molar-refractivity contribution in [1.82, 2.24) is 9.97 Å². The molecule has 0 bridgehead atoms. The number of aromatic hydroxyl groups is 1. The average molecular weight is 252 g/mol. The quantitative estimate of drug-likeness (QED) is 0.733. The first-order valence-electron chi connectivity index (χ1n) is 6.35. The molecule has 19 heavy (non-hydrogen) atoms. The number of nitrogens with zero attached hydrogens (tertiary/aromatic N) is 1. The van der Waals surface area contributed by atoms with Crippen LogP contribution in [0.2, 0.25) is 0 Å². The van der Waals surface area contributed by atoms with Crippen LogP contribution in [0, 0.1) is 13.8 Å². The third kappa shape index (κ3) is 2.32. The van der Waals surface area contributed by atoms with Gasteiger partial charge in [-0.15, -0.1) is 0 Å². The molecule has 0 radical (unpaired) electrons. The van der Waals surface area contributed by atoms with E-state index >= 15 is 0 Å². The van der Waals surface area contributed by atoms with Gasteiger partial charge >= 0.3 is 0 Å². The predicted octanol–water partition coefficient (Wildman–Crippen LogP) is 3.48. The summed E-state index contributed by atoms with van der Waals surface area (Å²) in [7, 11) is 0. The predicted molar refractivity (Wildman–Crippen MR) is 76.5 cm³/mol. The molecule has 0 aliphatic rings. The molecule has 3 heteroatoms. The lowest BCUT2D eigenvalue weighted by Gasteiger charge is -1.98. The molecule has 0 atom stereocenters. The Morgan fingerprint density at radius 1 is 1.11 bits per heavy atom. The first-order chi connectivity index (χ1) is 9.11. The van der Waals surface area contributed by atoms with Crippen molar-refractivity contribution in [3.8, 4) is 5.75 Å². The SMILES string of the molecule is Cc1cc2nc(Cc3cccc(O)c3)[nH]c2cc1C. The zero-order valence-corrected chi connectivity index (χ0v) is 11.1. The number of aromatic nitrogens is 2. The Morgan fingerprint density at radius 2 is 1.89 bits per heavy atom. The summed E-state index contributed by atoms with van der Waals surface area (Å²) in [5.41, 5.74) is 5.63. The van der Waals surface area contributed by atoms with E-state index in [1.807, 2.05) is 12.1 Å². The number of benzene rings is 2. The highest BCUT2D eigenvalue weighted by molar-refractivity contribution is 5.77. The van der Waals surface area contributed by atoms with Crippen LogP contribution in [0.3, 0.4) is 0 Å². The number of aryl methyl sites for hydroxylation is 2. The Labute approximate surface area is 111 Å². The van der Waals surface area contributed by atoms with Crippen LogP contribution < -0.4 is 0 Å². The van der Waals surface area contributed by atoms with Crippen molar-refractivity contribution in [2.24, 2.45) is 0 Å². The molecule has 3 aromatic rings. The van der Waals surface area contributed by atoms with E-state index in [1.165, 1.54) is 11.1 Å². The van der Waals surface area contributed by atoms with Crippen LogP contribution in [0.5, 0.6) is 5.75 Å². The second kappa shape index (κ2) is 4.43. The normalized spacial score (nSPS) is 11.1. The fourth-order valence-electron chi connectivity index (χ4n) is 2.27. The van der Waals surface area contributed by atoms with Crippen LogP contribution in [0.1, 0.15) is 22.5 Å². The molecule has 0 unspecified atom stereocenters. The van der Waals surface area contributed by atoms with Crippen LogP contribution in [-0.2, 0) is 6.42 Å². The van der Waals surface area contributed by atoms with Crippen molar-refractivity contribution in [3.05, 3.63) is 58.9 Å². The zero-order valence-electron chi connectivity index (χ0n) is 11.1. The Hall–Kier alpha value is -2.29. The Morgan fingerprint density at radius 3 is 2.68 bits per heavy atom. The summed E-state index contributed by atoms with van der Waals surface area (Å²) >= 11 is 0. The van der Waals surface area contributed by atoms with Crippen LogP contribution >= 0.6 is 0 Å². The van der Waals surface area contributed by atoms with E-state index in [2.05, 4.69) is 35.9 Å². The van der Waals surface area contributed by atoms with Crippen molar-refractivity contribution in [2.75, 3.05) is 0 Å². The molecule has 0 fully saturated rings. The molecule has 1 aromatic heterocycles. The Kier molecular flexibility index (Phi) is 2.75. The fourth-order valence-corrected chi connectivity index (χ4v) is 2.27. The van der Waals surface area contributed by atoms with Gasteiger partial charge in [0.25, 0.3) is 0 Å². The number of imidazole rings is 1.